The molecule has 2 aromatic rings. The van der Waals surface area contributed by atoms with Gasteiger partial charge in [0.25, 0.3) is 0 Å². The van der Waals surface area contributed by atoms with Crippen molar-refractivity contribution in [3.05, 3.63) is 41.9 Å². The number of hydrogen-bond acceptors (Lipinski definition) is 4. The van der Waals surface area contributed by atoms with Gasteiger partial charge in [-0.15, -0.1) is 0 Å². The largest absolute Gasteiger partial charge is 0.468 e. The van der Waals surface area contributed by atoms with E-state index in [9.17, 15) is 9.59 Å². The SMILES string of the molecule is COC(=O)[C](CCCc1c[nH]c2ccccc12)C(=O)OC. The van der Waals surface area contributed by atoms with Gasteiger partial charge in [0.05, 0.1) is 14.2 Å². The Bertz CT molecular complexity index is 616. The lowest BCUT2D eigenvalue weighted by atomic mass is 9.99. The molecule has 0 fully saturated rings. The van der Waals surface area contributed by atoms with Crippen LogP contribution in [-0.2, 0) is 25.5 Å². The molecule has 2 rings (SSSR count). The van der Waals surface area contributed by atoms with Gasteiger partial charge in [0, 0.05) is 17.1 Å². The molecule has 0 aliphatic heterocycles. The Morgan fingerprint density at radius 2 is 1.76 bits per heavy atom. The van der Waals surface area contributed by atoms with E-state index < -0.39 is 11.9 Å². The molecule has 0 aliphatic rings. The minimum absolute atomic E-state index is 0.0554. The van der Waals surface area contributed by atoms with E-state index in [-0.39, 0.29) is 5.92 Å². The van der Waals surface area contributed by atoms with Crippen molar-refractivity contribution in [1.82, 2.24) is 4.98 Å². The number of aromatic amines is 1. The number of nitrogens with one attached hydrogen (secondary N) is 1. The van der Waals surface area contributed by atoms with Gasteiger partial charge < -0.3 is 14.5 Å². The normalized spacial score (nSPS) is 10.8. The quantitative estimate of drug-likeness (QED) is 0.654. The minimum Gasteiger partial charge on any atom is -0.468 e. The van der Waals surface area contributed by atoms with Crippen LogP contribution in [0.25, 0.3) is 10.9 Å². The van der Waals surface area contributed by atoms with Gasteiger partial charge in [0.15, 0.2) is 5.92 Å². The number of aryl methyl sites for hydroxylation is 1. The van der Waals surface area contributed by atoms with Gasteiger partial charge in [-0.25, -0.2) is 0 Å². The molecule has 1 heterocycles. The summed E-state index contributed by atoms with van der Waals surface area (Å²) in [5.41, 5.74) is 2.25. The molecule has 0 atom stereocenters. The molecule has 1 N–H and O–H groups in total. The van der Waals surface area contributed by atoms with Gasteiger partial charge in [0.2, 0.25) is 0 Å². The van der Waals surface area contributed by atoms with Crippen molar-refractivity contribution in [2.75, 3.05) is 14.2 Å². The number of ether oxygens (including phenoxy) is 2. The second-order valence-corrected chi connectivity index (χ2v) is 4.67. The molecule has 111 valence electrons. The Kier molecular flexibility index (Phi) is 4.98. The van der Waals surface area contributed by atoms with Crippen LogP contribution in [0.2, 0.25) is 0 Å². The molecule has 5 heteroatoms. The van der Waals surface area contributed by atoms with Gasteiger partial charge >= 0.3 is 11.9 Å². The molecule has 1 aromatic heterocycles. The molecule has 0 saturated heterocycles. The predicted octanol–water partition coefficient (Wildman–Crippen LogP) is 2.41. The van der Waals surface area contributed by atoms with E-state index in [1.54, 1.807) is 0 Å². The first-order valence-electron chi connectivity index (χ1n) is 6.74. The summed E-state index contributed by atoms with van der Waals surface area (Å²) in [5, 5.41) is 1.16. The van der Waals surface area contributed by atoms with Gasteiger partial charge in [-0.2, -0.15) is 0 Å². The first kappa shape index (κ1) is 15.1. The number of H-pyrrole nitrogens is 1. The van der Waals surface area contributed by atoms with Crippen molar-refractivity contribution in [1.29, 1.82) is 0 Å². The van der Waals surface area contributed by atoms with Gasteiger partial charge in [0.1, 0.15) is 0 Å². The van der Waals surface area contributed by atoms with E-state index in [1.807, 2.05) is 30.5 Å². The number of carbonyl (C=O) groups excluding carboxylic acids is 2. The van der Waals surface area contributed by atoms with Crippen LogP contribution in [0.3, 0.4) is 0 Å². The lowest BCUT2D eigenvalue weighted by Crippen LogP contribution is -2.24. The van der Waals surface area contributed by atoms with Crippen molar-refractivity contribution in [2.45, 2.75) is 19.3 Å². The third-order valence-corrected chi connectivity index (χ3v) is 3.41. The van der Waals surface area contributed by atoms with Crippen LogP contribution in [0.4, 0.5) is 0 Å². The van der Waals surface area contributed by atoms with Gasteiger partial charge in [-0.3, -0.25) is 9.59 Å². The van der Waals surface area contributed by atoms with Crippen LogP contribution in [0.5, 0.6) is 0 Å². The highest BCUT2D eigenvalue weighted by Gasteiger charge is 2.29. The Hall–Kier alpha value is -2.30. The highest BCUT2D eigenvalue weighted by molar-refractivity contribution is 6.09. The van der Waals surface area contributed by atoms with Crippen LogP contribution in [-0.4, -0.2) is 31.1 Å². The number of benzene rings is 1. The molecule has 1 radical (unpaired) electrons. The average molecular weight is 288 g/mol. The summed E-state index contributed by atoms with van der Waals surface area (Å²) in [6.45, 7) is 0. The molecule has 1 aromatic carbocycles. The minimum atomic E-state index is -0.624. The molecule has 0 aliphatic carbocycles. The van der Waals surface area contributed by atoms with Gasteiger partial charge in [-0.05, 0) is 30.9 Å². The van der Waals surface area contributed by atoms with Crippen molar-refractivity contribution in [3.63, 3.8) is 0 Å². The third kappa shape index (κ3) is 3.42. The molecular weight excluding hydrogens is 270 g/mol. The third-order valence-electron chi connectivity index (χ3n) is 3.41. The van der Waals surface area contributed by atoms with Crippen molar-refractivity contribution < 1.29 is 19.1 Å². The van der Waals surface area contributed by atoms with Crippen LogP contribution in [0, 0.1) is 5.92 Å². The van der Waals surface area contributed by atoms with E-state index in [0.717, 1.165) is 17.3 Å². The highest BCUT2D eigenvalue weighted by atomic mass is 16.5. The highest BCUT2D eigenvalue weighted by Crippen LogP contribution is 2.21. The molecule has 0 spiro atoms. The molecule has 21 heavy (non-hydrogen) atoms. The Morgan fingerprint density at radius 3 is 2.43 bits per heavy atom. The standard InChI is InChI=1S/C16H18NO4/c1-20-15(18)13(16(19)21-2)8-5-6-11-10-17-14-9-4-3-7-12(11)14/h3-4,7,9-10,17H,5-6,8H2,1-2H3. The van der Waals surface area contributed by atoms with Crippen LogP contribution >= 0.6 is 0 Å². The summed E-state index contributed by atoms with van der Waals surface area (Å²) in [7, 11) is 2.51. The van der Waals surface area contributed by atoms with Crippen LogP contribution in [0.15, 0.2) is 30.5 Å². The number of para-hydroxylation sites is 1. The maximum absolute atomic E-state index is 11.6. The molecule has 0 unspecified atom stereocenters. The van der Waals surface area contributed by atoms with Crippen molar-refractivity contribution in [3.8, 4) is 0 Å². The van der Waals surface area contributed by atoms with Crippen LogP contribution < -0.4 is 0 Å². The number of fused-ring (bicyclic) bond motifs is 1. The van der Waals surface area contributed by atoms with Gasteiger partial charge in [-0.1, -0.05) is 18.2 Å². The first-order valence-corrected chi connectivity index (χ1v) is 6.74. The Labute approximate surface area is 123 Å². The topological polar surface area (TPSA) is 68.4 Å². The van der Waals surface area contributed by atoms with Crippen molar-refractivity contribution >= 4 is 22.8 Å². The number of esters is 2. The van der Waals surface area contributed by atoms with Crippen molar-refractivity contribution in [2.24, 2.45) is 0 Å². The maximum atomic E-state index is 11.6. The number of rotatable bonds is 6. The smallest absolute Gasteiger partial charge is 0.325 e. The summed E-state index contributed by atoms with van der Waals surface area (Å²) >= 11 is 0. The van der Waals surface area contributed by atoms with Crippen LogP contribution in [0.1, 0.15) is 18.4 Å². The van der Waals surface area contributed by atoms with E-state index in [2.05, 4.69) is 14.5 Å². The number of aromatic nitrogens is 1. The zero-order valence-electron chi connectivity index (χ0n) is 12.1. The summed E-state index contributed by atoms with van der Waals surface area (Å²) in [4.78, 5) is 26.3. The fourth-order valence-electron chi connectivity index (χ4n) is 2.33. The van der Waals surface area contributed by atoms with E-state index >= 15 is 0 Å². The summed E-state index contributed by atoms with van der Waals surface area (Å²) in [6.07, 6.45) is 3.72. The maximum Gasteiger partial charge on any atom is 0.325 e. The first-order chi connectivity index (χ1) is 10.2. The van der Waals surface area contributed by atoms with E-state index in [0.29, 0.717) is 12.8 Å². The number of carbonyl (C=O) groups is 2. The monoisotopic (exact) mass is 288 g/mol. The lowest BCUT2D eigenvalue weighted by molar-refractivity contribution is -0.148. The van der Waals surface area contributed by atoms with E-state index in [1.165, 1.54) is 19.8 Å². The second kappa shape index (κ2) is 6.92. The molecule has 0 saturated carbocycles. The predicted molar refractivity (Wildman–Crippen MR) is 78.5 cm³/mol. The summed E-state index contributed by atoms with van der Waals surface area (Å²) in [6, 6.07) is 8.02. The zero-order valence-corrected chi connectivity index (χ0v) is 12.1. The second-order valence-electron chi connectivity index (χ2n) is 4.67. The molecule has 0 bridgehead atoms. The average Bonchev–Trinajstić information content (AvgIpc) is 2.93. The zero-order chi connectivity index (χ0) is 15.2. The fourth-order valence-corrected chi connectivity index (χ4v) is 2.33. The summed E-state index contributed by atoms with van der Waals surface area (Å²) < 4.78 is 9.22. The number of hydrogen-bond donors (Lipinski definition) is 1. The Balaban J connectivity index is 1.99. The summed E-state index contributed by atoms with van der Waals surface area (Å²) in [5.74, 6) is -1.19. The fraction of sp³-hybridized carbons (Fsp3) is 0.312. The number of methoxy groups -OCH3 is 2. The van der Waals surface area contributed by atoms with E-state index in [4.69, 9.17) is 0 Å². The molecule has 5 nitrogen and oxygen atoms in total. The lowest BCUT2D eigenvalue weighted by Gasteiger charge is -2.10. The molecular formula is C16H18NO4. The Morgan fingerprint density at radius 1 is 1.10 bits per heavy atom. The molecule has 0 amide bonds.